The second kappa shape index (κ2) is 8.58. The number of nitrogens with zero attached hydrogens (tertiary/aromatic N) is 1. The quantitative estimate of drug-likeness (QED) is 0.689. The van der Waals surface area contributed by atoms with Gasteiger partial charge in [0.05, 0.1) is 10.6 Å². The van der Waals surface area contributed by atoms with Gasteiger partial charge in [0.15, 0.2) is 6.61 Å². The number of nitrogens with one attached hydrogen (secondary N) is 1. The lowest BCUT2D eigenvalue weighted by atomic mass is 10.0. The Morgan fingerprint density at radius 1 is 1.26 bits per heavy atom. The van der Waals surface area contributed by atoms with Crippen LogP contribution in [0.3, 0.4) is 0 Å². The Kier molecular flexibility index (Phi) is 6.88. The van der Waals surface area contributed by atoms with Crippen molar-refractivity contribution in [2.75, 3.05) is 19.7 Å². The first-order valence-electron chi connectivity index (χ1n) is 8.84. The third-order valence-electron chi connectivity index (χ3n) is 4.55. The number of hydrogen-bond acceptors (Lipinski definition) is 5. The monoisotopic (exact) mass is 416 g/mol. The lowest BCUT2D eigenvalue weighted by Crippen LogP contribution is -2.44. The normalized spacial score (nSPS) is 15.6. The fourth-order valence-electron chi connectivity index (χ4n) is 2.61. The maximum atomic E-state index is 12.7. The van der Waals surface area contributed by atoms with Crippen molar-refractivity contribution in [3.63, 3.8) is 0 Å². The van der Waals surface area contributed by atoms with E-state index in [2.05, 4.69) is 5.32 Å². The van der Waals surface area contributed by atoms with E-state index in [1.54, 1.807) is 0 Å². The molecule has 0 aromatic heterocycles. The van der Waals surface area contributed by atoms with Gasteiger partial charge in [-0.3, -0.25) is 4.79 Å². The Morgan fingerprint density at radius 2 is 1.89 bits per heavy atom. The molecule has 0 atom stereocenters. The van der Waals surface area contributed by atoms with Crippen LogP contribution in [0.25, 0.3) is 0 Å². The molecule has 0 aliphatic carbocycles. The van der Waals surface area contributed by atoms with E-state index in [1.165, 1.54) is 22.5 Å². The van der Waals surface area contributed by atoms with Crippen molar-refractivity contribution in [3.8, 4) is 0 Å². The van der Waals surface area contributed by atoms with Crippen LogP contribution in [0, 0.1) is 0 Å². The molecule has 0 radical (unpaired) electrons. The van der Waals surface area contributed by atoms with Crippen molar-refractivity contribution in [3.05, 3.63) is 28.8 Å². The van der Waals surface area contributed by atoms with Gasteiger partial charge >= 0.3 is 5.97 Å². The molecule has 1 aromatic rings. The van der Waals surface area contributed by atoms with Gasteiger partial charge in [0.2, 0.25) is 10.0 Å². The van der Waals surface area contributed by atoms with Gasteiger partial charge in [-0.05, 0) is 51.3 Å². The first-order valence-corrected chi connectivity index (χ1v) is 10.7. The summed E-state index contributed by atoms with van der Waals surface area (Å²) in [5, 5.41) is 2.80. The summed E-state index contributed by atoms with van der Waals surface area (Å²) in [6.45, 7) is 6.08. The zero-order valence-corrected chi connectivity index (χ0v) is 17.3. The third kappa shape index (κ3) is 5.43. The van der Waals surface area contributed by atoms with E-state index in [0.717, 1.165) is 19.3 Å². The van der Waals surface area contributed by atoms with Crippen LogP contribution in [0.1, 0.15) is 50.4 Å². The van der Waals surface area contributed by atoms with Crippen LogP contribution in [-0.4, -0.2) is 49.8 Å². The topological polar surface area (TPSA) is 92.8 Å². The molecule has 7 nitrogen and oxygen atoms in total. The number of benzene rings is 1. The largest absolute Gasteiger partial charge is 0.452 e. The Labute approximate surface area is 165 Å². The van der Waals surface area contributed by atoms with Crippen LogP contribution in [0.4, 0.5) is 0 Å². The minimum Gasteiger partial charge on any atom is -0.452 e. The number of rotatable bonds is 7. The number of sulfonamides is 1. The molecule has 1 heterocycles. The van der Waals surface area contributed by atoms with Gasteiger partial charge < -0.3 is 10.1 Å². The van der Waals surface area contributed by atoms with E-state index in [9.17, 15) is 18.0 Å². The third-order valence-corrected chi connectivity index (χ3v) is 6.93. The van der Waals surface area contributed by atoms with Crippen molar-refractivity contribution in [2.24, 2.45) is 0 Å². The van der Waals surface area contributed by atoms with Crippen molar-refractivity contribution in [2.45, 2.75) is 50.5 Å². The first-order chi connectivity index (χ1) is 12.6. The van der Waals surface area contributed by atoms with Crippen LogP contribution >= 0.6 is 11.6 Å². The molecule has 9 heteroatoms. The molecule has 27 heavy (non-hydrogen) atoms. The molecule has 1 N–H and O–H groups in total. The summed E-state index contributed by atoms with van der Waals surface area (Å²) in [4.78, 5) is 24.0. The number of amides is 1. The lowest BCUT2D eigenvalue weighted by molar-refractivity contribution is -0.125. The standard InChI is InChI=1S/C18H25ClN2O5S/c1-4-18(2,3)20-16(22)12-26-17(23)13-7-8-14(19)15(11-13)27(24,25)21-9-5-6-10-21/h7-8,11H,4-6,9-10,12H2,1-3H3,(H,20,22). The Bertz CT molecular complexity index is 817. The molecule has 1 aliphatic rings. The van der Waals surface area contributed by atoms with Gasteiger partial charge in [-0.1, -0.05) is 18.5 Å². The van der Waals surface area contributed by atoms with E-state index < -0.39 is 34.0 Å². The SMILES string of the molecule is CCC(C)(C)NC(=O)COC(=O)c1ccc(Cl)c(S(=O)(=O)N2CCCC2)c1. The fraction of sp³-hybridized carbons (Fsp3) is 0.556. The van der Waals surface area contributed by atoms with E-state index in [-0.39, 0.29) is 15.5 Å². The summed E-state index contributed by atoms with van der Waals surface area (Å²) in [5.74, 6) is -1.21. The van der Waals surface area contributed by atoms with Crippen molar-refractivity contribution in [1.82, 2.24) is 9.62 Å². The maximum Gasteiger partial charge on any atom is 0.338 e. The van der Waals surface area contributed by atoms with Gasteiger partial charge in [0, 0.05) is 18.6 Å². The van der Waals surface area contributed by atoms with Crippen LogP contribution in [0.2, 0.25) is 5.02 Å². The predicted molar refractivity (Wildman–Crippen MR) is 102 cm³/mol. The minimum atomic E-state index is -3.77. The van der Waals surface area contributed by atoms with Gasteiger partial charge in [-0.15, -0.1) is 0 Å². The molecule has 2 rings (SSSR count). The number of carbonyl (C=O) groups is 2. The summed E-state index contributed by atoms with van der Waals surface area (Å²) < 4.78 is 31.8. The summed E-state index contributed by atoms with van der Waals surface area (Å²) >= 11 is 6.06. The zero-order chi connectivity index (χ0) is 20.2. The van der Waals surface area contributed by atoms with Crippen LogP contribution < -0.4 is 5.32 Å². The van der Waals surface area contributed by atoms with Gasteiger partial charge in [-0.2, -0.15) is 4.31 Å². The fourth-order valence-corrected chi connectivity index (χ4v) is 4.63. The van der Waals surface area contributed by atoms with Crippen LogP contribution in [-0.2, 0) is 19.6 Å². The Hall–Kier alpha value is -1.64. The second-order valence-corrected chi connectivity index (χ2v) is 9.43. The number of ether oxygens (including phenoxy) is 1. The molecular weight excluding hydrogens is 392 g/mol. The second-order valence-electron chi connectivity index (χ2n) is 7.12. The smallest absolute Gasteiger partial charge is 0.338 e. The molecule has 0 saturated carbocycles. The lowest BCUT2D eigenvalue weighted by Gasteiger charge is -2.24. The summed E-state index contributed by atoms with van der Waals surface area (Å²) in [7, 11) is -3.77. The van der Waals surface area contributed by atoms with E-state index in [1.807, 2.05) is 20.8 Å². The van der Waals surface area contributed by atoms with Crippen LogP contribution in [0.15, 0.2) is 23.1 Å². The molecule has 0 bridgehead atoms. The van der Waals surface area contributed by atoms with Gasteiger partial charge in [0.25, 0.3) is 5.91 Å². The summed E-state index contributed by atoms with van der Waals surface area (Å²) in [5.41, 5.74) is -0.375. The molecule has 1 amide bonds. The van der Waals surface area contributed by atoms with Gasteiger partial charge in [-0.25, -0.2) is 13.2 Å². The van der Waals surface area contributed by atoms with E-state index >= 15 is 0 Å². The number of halogens is 1. The molecule has 0 unspecified atom stereocenters. The highest BCUT2D eigenvalue weighted by Gasteiger charge is 2.30. The first kappa shape index (κ1) is 21.7. The van der Waals surface area contributed by atoms with E-state index in [4.69, 9.17) is 16.3 Å². The highest BCUT2D eigenvalue weighted by Crippen LogP contribution is 2.28. The number of hydrogen-bond donors (Lipinski definition) is 1. The average molecular weight is 417 g/mol. The molecule has 1 saturated heterocycles. The Morgan fingerprint density at radius 3 is 2.48 bits per heavy atom. The maximum absolute atomic E-state index is 12.7. The molecule has 150 valence electrons. The highest BCUT2D eigenvalue weighted by molar-refractivity contribution is 7.89. The molecular formula is C18H25ClN2O5S. The predicted octanol–water partition coefficient (Wildman–Crippen LogP) is 2.59. The highest BCUT2D eigenvalue weighted by atomic mass is 35.5. The van der Waals surface area contributed by atoms with Crippen molar-refractivity contribution in [1.29, 1.82) is 0 Å². The number of carbonyl (C=O) groups excluding carboxylic acids is 2. The molecule has 1 fully saturated rings. The molecule has 1 aliphatic heterocycles. The van der Waals surface area contributed by atoms with Crippen molar-refractivity contribution < 1.29 is 22.7 Å². The van der Waals surface area contributed by atoms with Gasteiger partial charge in [0.1, 0.15) is 4.90 Å². The molecule has 1 aromatic carbocycles. The van der Waals surface area contributed by atoms with Crippen molar-refractivity contribution >= 4 is 33.5 Å². The number of esters is 1. The zero-order valence-electron chi connectivity index (χ0n) is 15.7. The summed E-state index contributed by atoms with van der Waals surface area (Å²) in [6, 6.07) is 3.93. The average Bonchev–Trinajstić information content (AvgIpc) is 3.15. The summed E-state index contributed by atoms with van der Waals surface area (Å²) in [6.07, 6.45) is 2.31. The van der Waals surface area contributed by atoms with E-state index in [0.29, 0.717) is 13.1 Å². The Balaban J connectivity index is 2.11. The minimum absolute atomic E-state index is 0.0275. The molecule has 0 spiro atoms. The van der Waals surface area contributed by atoms with Crippen LogP contribution in [0.5, 0.6) is 0 Å².